The quantitative estimate of drug-likeness (QED) is 0.182. The Labute approximate surface area is 253 Å². The van der Waals surface area contributed by atoms with Gasteiger partial charge in [0, 0.05) is 47.0 Å². The van der Waals surface area contributed by atoms with Gasteiger partial charge in [0.2, 0.25) is 11.8 Å². The van der Waals surface area contributed by atoms with Crippen molar-refractivity contribution in [2.75, 3.05) is 0 Å². The summed E-state index contributed by atoms with van der Waals surface area (Å²) in [5, 5.41) is 4.03. The fourth-order valence-corrected chi connectivity index (χ4v) is 5.46. The fourth-order valence-electron chi connectivity index (χ4n) is 4.94. The third-order valence-corrected chi connectivity index (χ3v) is 8.15. The van der Waals surface area contributed by atoms with Crippen molar-refractivity contribution in [3.8, 4) is 0 Å². The van der Waals surface area contributed by atoms with Crippen LogP contribution in [-0.4, -0.2) is 28.8 Å². The maximum atomic E-state index is 14.5. The summed E-state index contributed by atoms with van der Waals surface area (Å²) in [5.41, 5.74) is 3.65. The van der Waals surface area contributed by atoms with E-state index in [9.17, 15) is 9.59 Å². The second-order valence-corrected chi connectivity index (χ2v) is 11.1. The number of halogens is 2. The van der Waals surface area contributed by atoms with Gasteiger partial charge < -0.3 is 10.2 Å². The summed E-state index contributed by atoms with van der Waals surface area (Å²) in [6, 6.07) is 34.3. The zero-order valence-electron chi connectivity index (χ0n) is 23.5. The van der Waals surface area contributed by atoms with Crippen molar-refractivity contribution in [3.63, 3.8) is 0 Å². The van der Waals surface area contributed by atoms with E-state index in [1.807, 2.05) is 105 Å². The molecule has 0 unspecified atom stereocenters. The Balaban J connectivity index is 1.77. The molecule has 1 N–H and O–H groups in total. The molecule has 0 saturated carbocycles. The summed E-state index contributed by atoms with van der Waals surface area (Å²) >= 11 is 13.2. The van der Waals surface area contributed by atoms with Gasteiger partial charge in [-0.15, -0.1) is 0 Å². The molecule has 0 heterocycles. The van der Waals surface area contributed by atoms with Crippen LogP contribution in [0.5, 0.6) is 0 Å². The molecule has 0 aliphatic rings. The molecule has 4 rings (SSSR count). The zero-order valence-corrected chi connectivity index (χ0v) is 25.0. The van der Waals surface area contributed by atoms with Gasteiger partial charge in [0.05, 0.1) is 0 Å². The average molecular weight is 588 g/mol. The molecule has 0 fully saturated rings. The first-order valence-electron chi connectivity index (χ1n) is 14.0. The van der Waals surface area contributed by atoms with Crippen LogP contribution in [0.4, 0.5) is 0 Å². The molecule has 2 amide bonds. The molecule has 212 valence electrons. The second-order valence-electron chi connectivity index (χ2n) is 10.3. The van der Waals surface area contributed by atoms with E-state index in [0.29, 0.717) is 22.0 Å². The van der Waals surface area contributed by atoms with Crippen LogP contribution in [0.25, 0.3) is 0 Å². The molecular weight excluding hydrogens is 551 g/mol. The Hall–Kier alpha value is -3.60. The van der Waals surface area contributed by atoms with Crippen molar-refractivity contribution in [1.29, 1.82) is 0 Å². The molecule has 0 aliphatic heterocycles. The molecule has 0 radical (unpaired) electrons. The van der Waals surface area contributed by atoms with Crippen molar-refractivity contribution >= 4 is 35.0 Å². The maximum Gasteiger partial charge on any atom is 0.243 e. The van der Waals surface area contributed by atoms with Crippen LogP contribution in [0.15, 0.2) is 109 Å². The van der Waals surface area contributed by atoms with Crippen LogP contribution in [0.3, 0.4) is 0 Å². The van der Waals surface area contributed by atoms with E-state index in [0.717, 1.165) is 23.1 Å². The highest BCUT2D eigenvalue weighted by molar-refractivity contribution is 6.36. The average Bonchev–Trinajstić information content (AvgIpc) is 3.00. The van der Waals surface area contributed by atoms with E-state index in [4.69, 9.17) is 23.2 Å². The molecule has 0 aliphatic carbocycles. The first-order chi connectivity index (χ1) is 19.9. The molecule has 6 heteroatoms. The highest BCUT2D eigenvalue weighted by Gasteiger charge is 2.33. The van der Waals surface area contributed by atoms with Gasteiger partial charge in [-0.2, -0.15) is 0 Å². The molecular formula is C35H36Cl2N2O2. The van der Waals surface area contributed by atoms with Gasteiger partial charge in [-0.05, 0) is 42.2 Å². The predicted molar refractivity (Wildman–Crippen MR) is 168 cm³/mol. The number of hydrogen-bond donors (Lipinski definition) is 1. The van der Waals surface area contributed by atoms with Gasteiger partial charge in [-0.25, -0.2) is 0 Å². The largest absolute Gasteiger partial charge is 0.352 e. The third-order valence-electron chi connectivity index (χ3n) is 7.44. The summed E-state index contributed by atoms with van der Waals surface area (Å²) in [4.78, 5) is 30.0. The lowest BCUT2D eigenvalue weighted by Crippen LogP contribution is -2.52. The molecule has 0 saturated heterocycles. The summed E-state index contributed by atoms with van der Waals surface area (Å²) in [6.45, 7) is 4.10. The Morgan fingerprint density at radius 2 is 1.27 bits per heavy atom. The number of nitrogens with one attached hydrogen (secondary N) is 1. The van der Waals surface area contributed by atoms with E-state index in [-0.39, 0.29) is 36.7 Å². The van der Waals surface area contributed by atoms with Gasteiger partial charge in [-0.1, -0.05) is 127 Å². The molecule has 0 aromatic heterocycles. The molecule has 41 heavy (non-hydrogen) atoms. The normalized spacial score (nSPS) is 12.5. The summed E-state index contributed by atoms with van der Waals surface area (Å²) in [5.74, 6) is -0.543. The Bertz CT molecular complexity index is 1350. The minimum Gasteiger partial charge on any atom is -0.352 e. The van der Waals surface area contributed by atoms with E-state index >= 15 is 0 Å². The Kier molecular flexibility index (Phi) is 11.0. The molecule has 2 atom stereocenters. The summed E-state index contributed by atoms with van der Waals surface area (Å²) < 4.78 is 0. The van der Waals surface area contributed by atoms with E-state index in [1.165, 1.54) is 0 Å². The van der Waals surface area contributed by atoms with Crippen LogP contribution in [-0.2, 0) is 22.6 Å². The summed E-state index contributed by atoms with van der Waals surface area (Å²) in [7, 11) is 0. The van der Waals surface area contributed by atoms with Crippen molar-refractivity contribution in [1.82, 2.24) is 10.2 Å². The van der Waals surface area contributed by atoms with Gasteiger partial charge >= 0.3 is 0 Å². The van der Waals surface area contributed by atoms with Crippen LogP contribution >= 0.6 is 23.2 Å². The van der Waals surface area contributed by atoms with Crippen LogP contribution < -0.4 is 5.32 Å². The minimum absolute atomic E-state index is 0.0389. The molecule has 0 bridgehead atoms. The topological polar surface area (TPSA) is 49.4 Å². The van der Waals surface area contributed by atoms with Gasteiger partial charge in [0.25, 0.3) is 0 Å². The number of nitrogens with zero attached hydrogens (tertiary/aromatic N) is 1. The first-order valence-corrected chi connectivity index (χ1v) is 14.8. The monoisotopic (exact) mass is 586 g/mol. The second kappa shape index (κ2) is 14.9. The SMILES string of the molecule is CC[C@H](C)NC(=O)[C@@H](Cc1ccccc1)N(Cc1c(Cl)cccc1Cl)C(=O)CC(c1ccccc1)c1ccccc1. The standard InChI is InChI=1S/C35H36Cl2N2O2/c1-3-25(2)38-35(41)33(22-26-14-7-4-8-15-26)39(24-30-31(36)20-13-21-32(30)37)34(40)23-29(27-16-9-5-10-17-27)28-18-11-6-12-19-28/h4-21,25,29,33H,3,22-24H2,1-2H3,(H,38,41)/t25-,33+/m0/s1. The van der Waals surface area contributed by atoms with Crippen LogP contribution in [0.2, 0.25) is 10.0 Å². The maximum absolute atomic E-state index is 14.5. The Morgan fingerprint density at radius 1 is 0.756 bits per heavy atom. The van der Waals surface area contributed by atoms with Gasteiger partial charge in [-0.3, -0.25) is 9.59 Å². The molecule has 4 aromatic rings. The predicted octanol–water partition coefficient (Wildman–Crippen LogP) is 8.07. The third kappa shape index (κ3) is 8.22. The van der Waals surface area contributed by atoms with E-state index in [2.05, 4.69) is 5.32 Å². The van der Waals surface area contributed by atoms with Crippen LogP contribution in [0.1, 0.15) is 54.9 Å². The fraction of sp³-hybridized carbons (Fsp3) is 0.257. The number of hydrogen-bond acceptors (Lipinski definition) is 2. The van der Waals surface area contributed by atoms with Crippen molar-refractivity contribution in [2.45, 2.75) is 57.7 Å². The van der Waals surface area contributed by atoms with Crippen molar-refractivity contribution in [3.05, 3.63) is 141 Å². The lowest BCUT2D eigenvalue weighted by molar-refractivity contribution is -0.141. The number of carbonyl (C=O) groups excluding carboxylic acids is 2. The minimum atomic E-state index is -0.765. The van der Waals surface area contributed by atoms with Gasteiger partial charge in [0.1, 0.15) is 6.04 Å². The van der Waals surface area contributed by atoms with Crippen molar-refractivity contribution < 1.29 is 9.59 Å². The first kappa shape index (κ1) is 30.4. The number of carbonyl (C=O) groups is 2. The summed E-state index contributed by atoms with van der Waals surface area (Å²) in [6.07, 6.45) is 1.31. The molecule has 4 aromatic carbocycles. The lowest BCUT2D eigenvalue weighted by Gasteiger charge is -2.34. The van der Waals surface area contributed by atoms with Crippen molar-refractivity contribution in [2.24, 2.45) is 0 Å². The van der Waals surface area contributed by atoms with E-state index in [1.54, 1.807) is 23.1 Å². The smallest absolute Gasteiger partial charge is 0.243 e. The molecule has 4 nitrogen and oxygen atoms in total. The van der Waals surface area contributed by atoms with Crippen LogP contribution in [0, 0.1) is 0 Å². The van der Waals surface area contributed by atoms with Gasteiger partial charge in [0.15, 0.2) is 0 Å². The zero-order chi connectivity index (χ0) is 29.2. The van der Waals surface area contributed by atoms with E-state index < -0.39 is 6.04 Å². The number of benzene rings is 4. The lowest BCUT2D eigenvalue weighted by atomic mass is 9.87. The number of amides is 2. The highest BCUT2D eigenvalue weighted by atomic mass is 35.5. The highest BCUT2D eigenvalue weighted by Crippen LogP contribution is 2.32. The molecule has 0 spiro atoms. The number of rotatable bonds is 12. The Morgan fingerprint density at radius 3 is 1.78 bits per heavy atom.